The average molecular weight is 496 g/mol. The van der Waals surface area contributed by atoms with Gasteiger partial charge in [0, 0.05) is 57.4 Å². The van der Waals surface area contributed by atoms with E-state index in [1.165, 1.54) is 0 Å². The molecule has 2 aliphatic heterocycles. The van der Waals surface area contributed by atoms with Gasteiger partial charge in [0.2, 0.25) is 0 Å². The molecule has 0 bridgehead atoms. The monoisotopic (exact) mass is 495 g/mol. The number of urea groups is 1. The maximum Gasteiger partial charge on any atom is 0.319 e. The first-order chi connectivity index (χ1) is 17.4. The van der Waals surface area contributed by atoms with Gasteiger partial charge in [-0.3, -0.25) is 0 Å². The van der Waals surface area contributed by atoms with Crippen LogP contribution in [0.1, 0.15) is 32.5 Å². The minimum atomic E-state index is -1.08. The van der Waals surface area contributed by atoms with Gasteiger partial charge in [-0.1, -0.05) is 0 Å². The van der Waals surface area contributed by atoms with E-state index in [0.717, 1.165) is 11.4 Å². The van der Waals surface area contributed by atoms with Crippen LogP contribution in [0.25, 0.3) is 22.6 Å². The van der Waals surface area contributed by atoms with Crippen molar-refractivity contribution in [2.45, 2.75) is 38.3 Å². The van der Waals surface area contributed by atoms with Crippen molar-refractivity contribution >= 4 is 28.7 Å². The second-order valence-electron chi connectivity index (χ2n) is 9.36. The number of morpholine rings is 1. The SMILES string of the molecule is CCNC(=O)Nc1ccc(-c2nc(N3CCOCC3C)c3nc(C4(O)CCOCC4)n(C)c3n2)cc1. The number of carbonyl (C=O) groups excluding carboxylic acids is 1. The number of nitrogens with one attached hydrogen (secondary N) is 2. The zero-order valence-electron chi connectivity index (χ0n) is 21.0. The number of hydrogen-bond acceptors (Lipinski definition) is 8. The summed E-state index contributed by atoms with van der Waals surface area (Å²) in [5.41, 5.74) is 1.74. The highest BCUT2D eigenvalue weighted by atomic mass is 16.5. The molecule has 2 amide bonds. The van der Waals surface area contributed by atoms with E-state index in [1.807, 2.05) is 42.8 Å². The Morgan fingerprint density at radius 3 is 2.58 bits per heavy atom. The first-order valence-corrected chi connectivity index (χ1v) is 12.4. The van der Waals surface area contributed by atoms with Crippen molar-refractivity contribution in [3.8, 4) is 11.4 Å². The molecule has 0 saturated carbocycles. The Bertz CT molecular complexity index is 1240. The molecule has 0 aliphatic carbocycles. The summed E-state index contributed by atoms with van der Waals surface area (Å²) in [7, 11) is 1.89. The third-order valence-corrected chi connectivity index (χ3v) is 6.81. The highest BCUT2D eigenvalue weighted by molar-refractivity contribution is 5.90. The van der Waals surface area contributed by atoms with Gasteiger partial charge < -0.3 is 34.7 Å². The molecule has 36 heavy (non-hydrogen) atoms. The number of rotatable bonds is 5. The lowest BCUT2D eigenvalue weighted by Gasteiger charge is -2.34. The Labute approximate surface area is 209 Å². The first kappa shape index (κ1) is 24.4. The number of ether oxygens (including phenoxy) is 2. The lowest BCUT2D eigenvalue weighted by atomic mass is 9.93. The summed E-state index contributed by atoms with van der Waals surface area (Å²) < 4.78 is 13.0. The number of aromatic nitrogens is 4. The van der Waals surface area contributed by atoms with Crippen LogP contribution in [0, 0.1) is 0 Å². The molecule has 2 saturated heterocycles. The Hall–Kier alpha value is -3.28. The van der Waals surface area contributed by atoms with E-state index in [-0.39, 0.29) is 12.1 Å². The summed E-state index contributed by atoms with van der Waals surface area (Å²) in [6.07, 6.45) is 0.960. The van der Waals surface area contributed by atoms with E-state index < -0.39 is 5.60 Å². The molecule has 1 atom stereocenters. The first-order valence-electron chi connectivity index (χ1n) is 12.4. The molecule has 0 radical (unpaired) electrons. The smallest absolute Gasteiger partial charge is 0.319 e. The number of carbonyl (C=O) groups is 1. The highest BCUT2D eigenvalue weighted by Crippen LogP contribution is 2.36. The van der Waals surface area contributed by atoms with Crippen LogP contribution in [-0.4, -0.2) is 76.2 Å². The van der Waals surface area contributed by atoms with E-state index in [1.54, 1.807) is 0 Å². The normalized spacial score (nSPS) is 19.9. The van der Waals surface area contributed by atoms with Crippen LogP contribution in [-0.2, 0) is 22.1 Å². The topological polar surface area (TPSA) is 127 Å². The van der Waals surface area contributed by atoms with E-state index in [2.05, 4.69) is 22.5 Å². The molecule has 192 valence electrons. The highest BCUT2D eigenvalue weighted by Gasteiger charge is 2.38. The summed E-state index contributed by atoms with van der Waals surface area (Å²) in [6.45, 7) is 7.38. The molecule has 2 aromatic heterocycles. The van der Waals surface area contributed by atoms with Crippen LogP contribution >= 0.6 is 0 Å². The molecule has 3 N–H and O–H groups in total. The number of fused-ring (bicyclic) bond motifs is 1. The predicted molar refractivity (Wildman–Crippen MR) is 136 cm³/mol. The van der Waals surface area contributed by atoms with Gasteiger partial charge in [-0.15, -0.1) is 0 Å². The zero-order chi connectivity index (χ0) is 25.3. The van der Waals surface area contributed by atoms with Gasteiger partial charge in [0.05, 0.1) is 19.3 Å². The van der Waals surface area contributed by atoms with Crippen LogP contribution in [0.5, 0.6) is 0 Å². The molecule has 11 nitrogen and oxygen atoms in total. The Kier molecular flexibility index (Phi) is 6.78. The predicted octanol–water partition coefficient (Wildman–Crippen LogP) is 2.39. The molecule has 3 aromatic rings. The quantitative estimate of drug-likeness (QED) is 0.493. The fraction of sp³-hybridized carbons (Fsp3) is 0.520. The van der Waals surface area contributed by atoms with Crippen molar-refractivity contribution in [3.63, 3.8) is 0 Å². The number of imidazole rings is 1. The van der Waals surface area contributed by atoms with Crippen LogP contribution in [0.15, 0.2) is 24.3 Å². The van der Waals surface area contributed by atoms with Crippen molar-refractivity contribution in [3.05, 3.63) is 30.1 Å². The average Bonchev–Trinajstić information content (AvgIpc) is 3.22. The van der Waals surface area contributed by atoms with Gasteiger partial charge in [0.25, 0.3) is 0 Å². The molecule has 0 spiro atoms. The standard InChI is InChI=1S/C25H33N7O4/c1-4-26-24(33)27-18-7-5-17(6-8-18)20-29-21-19(22(30-20)32-11-14-36-15-16(32)2)28-23(31(21)3)25(34)9-12-35-13-10-25/h5-8,16,34H,4,9-15H2,1-3H3,(H2,26,27,33). The number of aliphatic hydroxyl groups is 1. The van der Waals surface area contributed by atoms with E-state index >= 15 is 0 Å². The van der Waals surface area contributed by atoms with E-state index in [4.69, 9.17) is 24.4 Å². The summed E-state index contributed by atoms with van der Waals surface area (Å²) >= 11 is 0. The number of nitrogens with zero attached hydrogens (tertiary/aromatic N) is 5. The summed E-state index contributed by atoms with van der Waals surface area (Å²) in [4.78, 5) is 28.8. The maximum absolute atomic E-state index is 11.9. The van der Waals surface area contributed by atoms with E-state index in [9.17, 15) is 9.90 Å². The van der Waals surface area contributed by atoms with Crippen molar-refractivity contribution < 1.29 is 19.4 Å². The Morgan fingerprint density at radius 2 is 1.89 bits per heavy atom. The molecule has 11 heteroatoms. The van der Waals surface area contributed by atoms with E-state index in [0.29, 0.717) is 80.9 Å². The molecule has 1 unspecified atom stereocenters. The van der Waals surface area contributed by atoms with Crippen LogP contribution in [0.3, 0.4) is 0 Å². The van der Waals surface area contributed by atoms with Gasteiger partial charge in [-0.25, -0.2) is 19.7 Å². The molecule has 2 aliphatic rings. The van der Waals surface area contributed by atoms with Crippen LogP contribution in [0.4, 0.5) is 16.3 Å². The lowest BCUT2D eigenvalue weighted by molar-refractivity contribution is -0.0745. The molecule has 1 aromatic carbocycles. The van der Waals surface area contributed by atoms with Crippen molar-refractivity contribution in [1.29, 1.82) is 0 Å². The van der Waals surface area contributed by atoms with Crippen molar-refractivity contribution in [2.24, 2.45) is 7.05 Å². The van der Waals surface area contributed by atoms with Gasteiger partial charge in [0.1, 0.15) is 11.4 Å². The largest absolute Gasteiger partial charge is 0.382 e. The number of anilines is 2. The van der Waals surface area contributed by atoms with Gasteiger partial charge in [0.15, 0.2) is 22.8 Å². The summed E-state index contributed by atoms with van der Waals surface area (Å²) in [5.74, 6) is 1.86. The third kappa shape index (κ3) is 4.61. The van der Waals surface area contributed by atoms with Crippen LogP contribution < -0.4 is 15.5 Å². The number of benzene rings is 1. The number of amides is 2. The second-order valence-corrected chi connectivity index (χ2v) is 9.36. The minimum absolute atomic E-state index is 0.116. The zero-order valence-corrected chi connectivity index (χ0v) is 21.0. The molecule has 5 rings (SSSR count). The third-order valence-electron chi connectivity index (χ3n) is 6.81. The fourth-order valence-electron chi connectivity index (χ4n) is 4.81. The van der Waals surface area contributed by atoms with Gasteiger partial charge >= 0.3 is 6.03 Å². The summed E-state index contributed by atoms with van der Waals surface area (Å²) in [5, 5.41) is 16.9. The molecule has 2 fully saturated rings. The van der Waals surface area contributed by atoms with Gasteiger partial charge in [-0.05, 0) is 38.1 Å². The number of aryl methyl sites for hydroxylation is 1. The summed E-state index contributed by atoms with van der Waals surface area (Å²) in [6, 6.07) is 7.30. The van der Waals surface area contributed by atoms with Gasteiger partial charge in [-0.2, -0.15) is 0 Å². The molecular formula is C25H33N7O4. The molecular weight excluding hydrogens is 462 g/mol. The molecule has 4 heterocycles. The fourth-order valence-corrected chi connectivity index (χ4v) is 4.81. The second kappa shape index (κ2) is 10.00. The Balaban J connectivity index is 1.59. The maximum atomic E-state index is 11.9. The Morgan fingerprint density at radius 1 is 1.14 bits per heavy atom. The minimum Gasteiger partial charge on any atom is -0.382 e. The lowest BCUT2D eigenvalue weighted by Crippen LogP contribution is -2.44. The van der Waals surface area contributed by atoms with Crippen molar-refractivity contribution in [1.82, 2.24) is 24.8 Å². The number of hydrogen-bond donors (Lipinski definition) is 3. The van der Waals surface area contributed by atoms with Crippen molar-refractivity contribution in [2.75, 3.05) is 49.7 Å². The van der Waals surface area contributed by atoms with Crippen LogP contribution in [0.2, 0.25) is 0 Å².